The van der Waals surface area contributed by atoms with Gasteiger partial charge in [0, 0.05) is 17.0 Å². The smallest absolute Gasteiger partial charge is 0.134 e. The molecule has 0 aliphatic heterocycles. The third kappa shape index (κ3) is 4.07. The van der Waals surface area contributed by atoms with Crippen molar-refractivity contribution in [3.63, 3.8) is 0 Å². The lowest BCUT2D eigenvalue weighted by Crippen LogP contribution is -2.12. The van der Waals surface area contributed by atoms with Crippen LogP contribution in [0.1, 0.15) is 38.3 Å². The number of nitrogens with two attached hydrogens (primary N) is 1. The summed E-state index contributed by atoms with van der Waals surface area (Å²) in [7, 11) is 0. The molecule has 0 radical (unpaired) electrons. The van der Waals surface area contributed by atoms with E-state index in [0.717, 1.165) is 29.3 Å². The number of hydrogen-bond donors (Lipinski definition) is 1. The largest absolute Gasteiger partial charge is 0.324 e. The zero-order valence-electron chi connectivity index (χ0n) is 11.3. The van der Waals surface area contributed by atoms with Crippen molar-refractivity contribution in [2.75, 3.05) is 0 Å². The second kappa shape index (κ2) is 7.09. The summed E-state index contributed by atoms with van der Waals surface area (Å²) in [6.45, 7) is 4.40. The third-order valence-electron chi connectivity index (χ3n) is 3.16. The van der Waals surface area contributed by atoms with E-state index in [9.17, 15) is 0 Å². The molecule has 1 aromatic heterocycles. The van der Waals surface area contributed by atoms with Crippen molar-refractivity contribution >= 4 is 34.9 Å². The minimum atomic E-state index is -0.0305. The summed E-state index contributed by atoms with van der Waals surface area (Å²) in [5, 5.41) is 1.63. The number of nitrogens with zero attached hydrogens (tertiary/aromatic N) is 1. The molecule has 104 valence electrons. The highest BCUT2D eigenvalue weighted by molar-refractivity contribution is 6.30. The first kappa shape index (κ1) is 16.2. The molecule has 2 nitrogen and oxygen atoms in total. The Bertz CT molecular complexity index is 541. The Labute approximate surface area is 125 Å². The second-order valence-corrected chi connectivity index (χ2v) is 5.50. The minimum absolute atomic E-state index is 0. The molecule has 19 heavy (non-hydrogen) atoms. The van der Waals surface area contributed by atoms with Gasteiger partial charge in [0.1, 0.15) is 5.15 Å². The lowest BCUT2D eigenvalue weighted by molar-refractivity contribution is 0.507. The Balaban J connectivity index is 0.00000180. The molecule has 1 aromatic carbocycles. The quantitative estimate of drug-likeness (QED) is 0.828. The molecule has 0 fully saturated rings. The predicted molar refractivity (Wildman–Crippen MR) is 85.0 cm³/mol. The van der Waals surface area contributed by atoms with Gasteiger partial charge in [0.15, 0.2) is 0 Å². The van der Waals surface area contributed by atoms with Gasteiger partial charge in [0.25, 0.3) is 0 Å². The van der Waals surface area contributed by atoms with E-state index >= 15 is 0 Å². The first-order chi connectivity index (χ1) is 8.58. The first-order valence-corrected chi connectivity index (χ1v) is 6.76. The van der Waals surface area contributed by atoms with Crippen LogP contribution in [-0.2, 0) is 0 Å². The van der Waals surface area contributed by atoms with E-state index in [-0.39, 0.29) is 18.4 Å². The predicted octanol–water partition coefficient (Wildman–Crippen LogP) is 4.75. The number of para-hydroxylation sites is 1. The van der Waals surface area contributed by atoms with Crippen molar-refractivity contribution < 1.29 is 0 Å². The molecule has 0 aliphatic carbocycles. The van der Waals surface area contributed by atoms with Crippen LogP contribution in [0.15, 0.2) is 30.3 Å². The zero-order valence-corrected chi connectivity index (χ0v) is 12.8. The fourth-order valence-corrected chi connectivity index (χ4v) is 2.32. The molecule has 0 aliphatic rings. The maximum absolute atomic E-state index is 6.22. The number of halogens is 2. The standard InChI is InChI=1S/C15H19ClN2.ClH/c1-10(2)7-8-13(17)12-9-11-5-3-4-6-14(11)18-15(12)16;/h3-6,9-10,13H,7-8,17H2,1-2H3;1H/t13-;/m1./s1. The molecule has 0 saturated carbocycles. The second-order valence-electron chi connectivity index (χ2n) is 5.14. The average Bonchev–Trinajstić information content (AvgIpc) is 2.35. The van der Waals surface area contributed by atoms with Crippen LogP contribution in [0.4, 0.5) is 0 Å². The number of benzene rings is 1. The summed E-state index contributed by atoms with van der Waals surface area (Å²) < 4.78 is 0. The summed E-state index contributed by atoms with van der Waals surface area (Å²) in [4.78, 5) is 4.41. The van der Waals surface area contributed by atoms with Crippen LogP contribution in [0.25, 0.3) is 10.9 Å². The van der Waals surface area contributed by atoms with Crippen molar-refractivity contribution in [2.24, 2.45) is 11.7 Å². The van der Waals surface area contributed by atoms with Crippen molar-refractivity contribution in [3.8, 4) is 0 Å². The molecular formula is C15H20Cl2N2. The fraction of sp³-hybridized carbons (Fsp3) is 0.400. The lowest BCUT2D eigenvalue weighted by Gasteiger charge is -2.15. The van der Waals surface area contributed by atoms with Gasteiger partial charge < -0.3 is 5.73 Å². The summed E-state index contributed by atoms with van der Waals surface area (Å²) in [5.41, 5.74) is 8.08. The highest BCUT2D eigenvalue weighted by Crippen LogP contribution is 2.27. The molecule has 2 rings (SSSR count). The maximum atomic E-state index is 6.22. The molecule has 0 unspecified atom stereocenters. The Morgan fingerprint density at radius 3 is 2.58 bits per heavy atom. The van der Waals surface area contributed by atoms with Gasteiger partial charge in [-0.25, -0.2) is 4.98 Å². The summed E-state index contributed by atoms with van der Waals surface area (Å²) >= 11 is 6.22. The molecule has 1 atom stereocenters. The number of pyridine rings is 1. The number of hydrogen-bond acceptors (Lipinski definition) is 2. The van der Waals surface area contributed by atoms with E-state index in [1.54, 1.807) is 0 Å². The SMILES string of the molecule is CC(C)CC[C@@H](N)c1cc2ccccc2nc1Cl.Cl. The average molecular weight is 299 g/mol. The van der Waals surface area contributed by atoms with E-state index in [1.807, 2.05) is 24.3 Å². The van der Waals surface area contributed by atoms with Crippen LogP contribution >= 0.6 is 24.0 Å². The minimum Gasteiger partial charge on any atom is -0.324 e. The number of aromatic nitrogens is 1. The maximum Gasteiger partial charge on any atom is 0.134 e. The van der Waals surface area contributed by atoms with Crippen molar-refractivity contribution in [1.82, 2.24) is 4.98 Å². The van der Waals surface area contributed by atoms with Crippen molar-refractivity contribution in [3.05, 3.63) is 41.0 Å². The number of rotatable bonds is 4. The van der Waals surface area contributed by atoms with E-state index < -0.39 is 0 Å². The Morgan fingerprint density at radius 1 is 1.21 bits per heavy atom. The van der Waals surface area contributed by atoms with E-state index in [4.69, 9.17) is 17.3 Å². The fourth-order valence-electron chi connectivity index (χ4n) is 2.04. The van der Waals surface area contributed by atoms with Gasteiger partial charge in [-0.3, -0.25) is 0 Å². The van der Waals surface area contributed by atoms with Crippen molar-refractivity contribution in [1.29, 1.82) is 0 Å². The van der Waals surface area contributed by atoms with Gasteiger partial charge in [0.2, 0.25) is 0 Å². The highest BCUT2D eigenvalue weighted by Gasteiger charge is 2.13. The number of fused-ring (bicyclic) bond motifs is 1. The summed E-state index contributed by atoms with van der Waals surface area (Å²) in [6.07, 6.45) is 2.04. The first-order valence-electron chi connectivity index (χ1n) is 6.38. The van der Waals surface area contributed by atoms with Crippen LogP contribution in [0.5, 0.6) is 0 Å². The molecule has 0 bridgehead atoms. The van der Waals surface area contributed by atoms with E-state index in [0.29, 0.717) is 11.1 Å². The molecule has 0 spiro atoms. The molecule has 4 heteroatoms. The third-order valence-corrected chi connectivity index (χ3v) is 3.46. The Hall–Kier alpha value is -0.830. The van der Waals surface area contributed by atoms with Crippen LogP contribution < -0.4 is 5.73 Å². The Morgan fingerprint density at radius 2 is 1.89 bits per heavy atom. The van der Waals surface area contributed by atoms with Gasteiger partial charge in [-0.05, 0) is 30.9 Å². The van der Waals surface area contributed by atoms with Crippen LogP contribution in [0.3, 0.4) is 0 Å². The molecule has 0 saturated heterocycles. The highest BCUT2D eigenvalue weighted by atomic mass is 35.5. The lowest BCUT2D eigenvalue weighted by atomic mass is 9.98. The van der Waals surface area contributed by atoms with Crippen LogP contribution in [0, 0.1) is 5.92 Å². The topological polar surface area (TPSA) is 38.9 Å². The molecule has 2 N–H and O–H groups in total. The van der Waals surface area contributed by atoms with Crippen molar-refractivity contribution in [2.45, 2.75) is 32.7 Å². The summed E-state index contributed by atoms with van der Waals surface area (Å²) in [6, 6.07) is 10.0. The van der Waals surface area contributed by atoms with Gasteiger partial charge in [-0.15, -0.1) is 12.4 Å². The molecule has 0 amide bonds. The normalized spacial score (nSPS) is 12.5. The van der Waals surface area contributed by atoms with E-state index in [2.05, 4.69) is 24.9 Å². The van der Waals surface area contributed by atoms with Gasteiger partial charge in [-0.1, -0.05) is 43.6 Å². The van der Waals surface area contributed by atoms with Crippen LogP contribution in [-0.4, -0.2) is 4.98 Å². The summed E-state index contributed by atoms with van der Waals surface area (Å²) in [5.74, 6) is 0.656. The molecular weight excluding hydrogens is 279 g/mol. The van der Waals surface area contributed by atoms with Crippen LogP contribution in [0.2, 0.25) is 5.15 Å². The zero-order chi connectivity index (χ0) is 13.1. The molecule has 2 aromatic rings. The van der Waals surface area contributed by atoms with Gasteiger partial charge in [0.05, 0.1) is 5.52 Å². The Kier molecular flexibility index (Phi) is 6.05. The van der Waals surface area contributed by atoms with E-state index in [1.165, 1.54) is 0 Å². The van der Waals surface area contributed by atoms with Gasteiger partial charge in [-0.2, -0.15) is 0 Å². The monoisotopic (exact) mass is 298 g/mol. The van der Waals surface area contributed by atoms with Gasteiger partial charge >= 0.3 is 0 Å². The molecule has 1 heterocycles.